The van der Waals surface area contributed by atoms with Gasteiger partial charge in [0, 0.05) is 31.8 Å². The SMILES string of the molecule is CNCC1CCN(C(=O)C=Cc2c(C)nn(C)c2Cl)CC1. The molecule has 1 amide bonds. The Morgan fingerprint density at radius 2 is 2.14 bits per heavy atom. The molecular formula is C15H23ClN4O. The first-order valence-electron chi connectivity index (χ1n) is 7.33. The Kier molecular flexibility index (Phi) is 5.42. The highest BCUT2D eigenvalue weighted by Crippen LogP contribution is 2.21. The molecule has 1 aliphatic heterocycles. The van der Waals surface area contributed by atoms with Gasteiger partial charge in [0.05, 0.1) is 5.69 Å². The Hall–Kier alpha value is -1.33. The Morgan fingerprint density at radius 1 is 1.48 bits per heavy atom. The third kappa shape index (κ3) is 3.86. The summed E-state index contributed by atoms with van der Waals surface area (Å²) < 4.78 is 1.62. The molecule has 116 valence electrons. The van der Waals surface area contributed by atoms with Crippen LogP contribution in [0.1, 0.15) is 24.1 Å². The fraction of sp³-hybridized carbons (Fsp3) is 0.600. The second-order valence-electron chi connectivity index (χ2n) is 5.57. The predicted molar refractivity (Wildman–Crippen MR) is 85.2 cm³/mol. The molecule has 21 heavy (non-hydrogen) atoms. The lowest BCUT2D eigenvalue weighted by molar-refractivity contribution is -0.127. The summed E-state index contributed by atoms with van der Waals surface area (Å²) in [4.78, 5) is 14.1. The lowest BCUT2D eigenvalue weighted by Crippen LogP contribution is -2.39. The van der Waals surface area contributed by atoms with E-state index in [-0.39, 0.29) is 5.91 Å². The van der Waals surface area contributed by atoms with Crippen LogP contribution in [0.25, 0.3) is 6.08 Å². The molecule has 0 bridgehead atoms. The number of aryl methyl sites for hydroxylation is 2. The van der Waals surface area contributed by atoms with E-state index < -0.39 is 0 Å². The number of nitrogens with zero attached hydrogens (tertiary/aromatic N) is 3. The molecule has 0 aliphatic carbocycles. The molecule has 0 spiro atoms. The number of likely N-dealkylation sites (tertiary alicyclic amines) is 1. The minimum Gasteiger partial charge on any atom is -0.339 e. The standard InChI is InChI=1S/C15H23ClN4O/c1-11-13(15(16)19(3)18-11)4-5-14(21)20-8-6-12(7-9-20)10-17-2/h4-5,12,17H,6-10H2,1-3H3. The van der Waals surface area contributed by atoms with Crippen LogP contribution in [0.2, 0.25) is 5.15 Å². The molecule has 6 heteroatoms. The average molecular weight is 311 g/mol. The molecule has 1 N–H and O–H groups in total. The minimum absolute atomic E-state index is 0.0530. The molecule has 1 aromatic rings. The van der Waals surface area contributed by atoms with E-state index in [0.29, 0.717) is 11.1 Å². The Balaban J connectivity index is 1.94. The maximum Gasteiger partial charge on any atom is 0.246 e. The highest BCUT2D eigenvalue weighted by atomic mass is 35.5. The summed E-state index contributed by atoms with van der Waals surface area (Å²) >= 11 is 6.15. The average Bonchev–Trinajstić information content (AvgIpc) is 2.71. The van der Waals surface area contributed by atoms with Gasteiger partial charge in [0.25, 0.3) is 0 Å². The van der Waals surface area contributed by atoms with Gasteiger partial charge in [-0.2, -0.15) is 5.10 Å². The quantitative estimate of drug-likeness (QED) is 0.864. The molecule has 2 rings (SSSR count). The van der Waals surface area contributed by atoms with Crippen molar-refractivity contribution in [1.29, 1.82) is 0 Å². The van der Waals surface area contributed by atoms with Crippen molar-refractivity contribution >= 4 is 23.6 Å². The van der Waals surface area contributed by atoms with Crippen LogP contribution in [-0.2, 0) is 11.8 Å². The van der Waals surface area contributed by atoms with E-state index in [0.717, 1.165) is 43.7 Å². The largest absolute Gasteiger partial charge is 0.339 e. The zero-order valence-electron chi connectivity index (χ0n) is 12.9. The number of rotatable bonds is 4. The number of hydrogen-bond acceptors (Lipinski definition) is 3. The summed E-state index contributed by atoms with van der Waals surface area (Å²) in [5.74, 6) is 0.732. The maximum absolute atomic E-state index is 12.2. The molecule has 1 aromatic heterocycles. The van der Waals surface area contributed by atoms with Crippen molar-refractivity contribution in [3.05, 3.63) is 22.5 Å². The molecule has 5 nitrogen and oxygen atoms in total. The van der Waals surface area contributed by atoms with Crippen LogP contribution in [0.5, 0.6) is 0 Å². The smallest absolute Gasteiger partial charge is 0.246 e. The van der Waals surface area contributed by atoms with Gasteiger partial charge in [0.15, 0.2) is 0 Å². The van der Waals surface area contributed by atoms with Crippen LogP contribution in [0, 0.1) is 12.8 Å². The number of aromatic nitrogens is 2. The van der Waals surface area contributed by atoms with E-state index in [9.17, 15) is 4.79 Å². The fourth-order valence-corrected chi connectivity index (χ4v) is 2.98. The van der Waals surface area contributed by atoms with Gasteiger partial charge in [-0.1, -0.05) is 11.6 Å². The van der Waals surface area contributed by atoms with Crippen molar-refractivity contribution in [1.82, 2.24) is 20.0 Å². The molecule has 2 heterocycles. The monoisotopic (exact) mass is 310 g/mol. The molecular weight excluding hydrogens is 288 g/mol. The van der Waals surface area contributed by atoms with Crippen LogP contribution in [0.3, 0.4) is 0 Å². The van der Waals surface area contributed by atoms with E-state index in [1.807, 2.05) is 18.9 Å². The lowest BCUT2D eigenvalue weighted by atomic mass is 9.97. The zero-order chi connectivity index (χ0) is 15.4. The lowest BCUT2D eigenvalue weighted by Gasteiger charge is -2.31. The summed E-state index contributed by atoms with van der Waals surface area (Å²) in [7, 11) is 3.77. The highest BCUT2D eigenvalue weighted by molar-refractivity contribution is 6.31. The number of carbonyl (C=O) groups excluding carboxylic acids is 1. The molecule has 0 atom stereocenters. The second kappa shape index (κ2) is 7.09. The number of hydrogen-bond donors (Lipinski definition) is 1. The van der Waals surface area contributed by atoms with Gasteiger partial charge in [-0.15, -0.1) is 0 Å². The van der Waals surface area contributed by atoms with Crippen molar-refractivity contribution < 1.29 is 4.79 Å². The molecule has 0 saturated carbocycles. The van der Waals surface area contributed by atoms with Gasteiger partial charge < -0.3 is 10.2 Å². The summed E-state index contributed by atoms with van der Waals surface area (Å²) in [5, 5.41) is 7.99. The maximum atomic E-state index is 12.2. The number of halogens is 1. The first-order chi connectivity index (χ1) is 10.0. The second-order valence-corrected chi connectivity index (χ2v) is 5.93. The van der Waals surface area contributed by atoms with Crippen molar-refractivity contribution in [3.8, 4) is 0 Å². The number of carbonyl (C=O) groups is 1. The van der Waals surface area contributed by atoms with E-state index in [4.69, 9.17) is 11.6 Å². The first kappa shape index (κ1) is 16.0. The van der Waals surface area contributed by atoms with Crippen LogP contribution in [-0.4, -0.2) is 47.3 Å². The zero-order valence-corrected chi connectivity index (χ0v) is 13.7. The van der Waals surface area contributed by atoms with Crippen molar-refractivity contribution in [2.24, 2.45) is 13.0 Å². The normalized spacial score (nSPS) is 16.9. The molecule has 0 aromatic carbocycles. The number of piperidine rings is 1. The minimum atomic E-state index is 0.0530. The van der Waals surface area contributed by atoms with E-state index in [1.54, 1.807) is 23.9 Å². The van der Waals surface area contributed by atoms with Gasteiger partial charge in [-0.25, -0.2) is 0 Å². The number of nitrogens with one attached hydrogen (secondary N) is 1. The molecule has 0 unspecified atom stereocenters. The summed E-state index contributed by atoms with van der Waals surface area (Å²) in [6.45, 7) is 4.58. The van der Waals surface area contributed by atoms with Crippen LogP contribution in [0.15, 0.2) is 6.08 Å². The van der Waals surface area contributed by atoms with Crippen molar-refractivity contribution in [2.75, 3.05) is 26.7 Å². The van der Waals surface area contributed by atoms with Gasteiger partial charge in [0.1, 0.15) is 5.15 Å². The Bertz CT molecular complexity index is 530. The summed E-state index contributed by atoms with van der Waals surface area (Å²) in [5.41, 5.74) is 1.65. The Labute approximate surface area is 130 Å². The fourth-order valence-electron chi connectivity index (χ4n) is 2.74. The van der Waals surface area contributed by atoms with Gasteiger partial charge in [0.2, 0.25) is 5.91 Å². The van der Waals surface area contributed by atoms with Crippen LogP contribution < -0.4 is 5.32 Å². The highest BCUT2D eigenvalue weighted by Gasteiger charge is 2.21. The van der Waals surface area contributed by atoms with Gasteiger partial charge >= 0.3 is 0 Å². The van der Waals surface area contributed by atoms with Crippen LogP contribution >= 0.6 is 11.6 Å². The molecule has 0 radical (unpaired) electrons. The number of amides is 1. The molecule has 1 aliphatic rings. The summed E-state index contributed by atoms with van der Waals surface area (Å²) in [6.07, 6.45) is 5.50. The van der Waals surface area contributed by atoms with Gasteiger partial charge in [-0.05, 0) is 45.4 Å². The van der Waals surface area contributed by atoms with E-state index in [2.05, 4.69) is 10.4 Å². The predicted octanol–water partition coefficient (Wildman–Crippen LogP) is 1.85. The molecule has 1 saturated heterocycles. The topological polar surface area (TPSA) is 50.2 Å². The van der Waals surface area contributed by atoms with Crippen molar-refractivity contribution in [2.45, 2.75) is 19.8 Å². The molecule has 1 fully saturated rings. The first-order valence-corrected chi connectivity index (χ1v) is 7.71. The van der Waals surface area contributed by atoms with Crippen LogP contribution in [0.4, 0.5) is 0 Å². The third-order valence-electron chi connectivity index (χ3n) is 4.01. The Morgan fingerprint density at radius 3 is 2.67 bits per heavy atom. The van der Waals surface area contributed by atoms with E-state index in [1.165, 1.54) is 0 Å². The van der Waals surface area contributed by atoms with Gasteiger partial charge in [-0.3, -0.25) is 9.48 Å². The summed E-state index contributed by atoms with van der Waals surface area (Å²) in [6, 6.07) is 0. The third-order valence-corrected chi connectivity index (χ3v) is 4.46. The van der Waals surface area contributed by atoms with E-state index >= 15 is 0 Å². The van der Waals surface area contributed by atoms with Crippen molar-refractivity contribution in [3.63, 3.8) is 0 Å².